The first kappa shape index (κ1) is 24.9. The molecule has 7 rings (SSSR count). The Kier molecular flexibility index (Phi) is 6.56. The quantitative estimate of drug-likeness (QED) is 0.216. The lowest BCUT2D eigenvalue weighted by Gasteiger charge is -2.11. The van der Waals surface area contributed by atoms with Gasteiger partial charge in [0.25, 0.3) is 0 Å². The average Bonchev–Trinajstić information content (AvgIpc) is 3.05. The molecule has 6 aromatic carbocycles. The predicted octanol–water partition coefficient (Wildman–Crippen LogP) is 10.0. The van der Waals surface area contributed by atoms with Gasteiger partial charge in [-0.3, -0.25) is 0 Å². The van der Waals surface area contributed by atoms with E-state index in [1.807, 2.05) is 36.4 Å². The second-order valence-corrected chi connectivity index (χ2v) is 10.2. The second kappa shape index (κ2) is 10.8. The highest BCUT2D eigenvalue weighted by Crippen LogP contribution is 2.34. The molecule has 0 aliphatic rings. The van der Waals surface area contributed by atoms with Crippen LogP contribution >= 0.6 is 11.6 Å². The predicted molar refractivity (Wildman–Crippen MR) is 170 cm³/mol. The van der Waals surface area contributed by atoms with Gasteiger partial charge in [0.2, 0.25) is 5.28 Å². The second-order valence-electron chi connectivity index (χ2n) is 9.84. The minimum Gasteiger partial charge on any atom is -0.208 e. The van der Waals surface area contributed by atoms with E-state index in [-0.39, 0.29) is 5.28 Å². The summed E-state index contributed by atoms with van der Waals surface area (Å²) in [6.45, 7) is 0. The third-order valence-corrected chi connectivity index (χ3v) is 7.49. The van der Waals surface area contributed by atoms with Gasteiger partial charge in [-0.25, -0.2) is 4.98 Å². The zero-order valence-electron chi connectivity index (χ0n) is 22.1. The summed E-state index contributed by atoms with van der Waals surface area (Å²) in [4.78, 5) is 13.9. The molecule has 0 saturated heterocycles. The van der Waals surface area contributed by atoms with Gasteiger partial charge in [-0.15, -0.1) is 0 Å². The fraction of sp³-hybridized carbons (Fsp3) is 0. The minimum absolute atomic E-state index is 0.168. The molecule has 7 aromatic rings. The molecule has 0 unspecified atom stereocenters. The van der Waals surface area contributed by atoms with Crippen LogP contribution in [0.3, 0.4) is 0 Å². The lowest BCUT2D eigenvalue weighted by Crippen LogP contribution is -1.98. The number of nitrogens with zero attached hydrogens (tertiary/aromatic N) is 3. The van der Waals surface area contributed by atoms with Gasteiger partial charge in [-0.2, -0.15) is 9.97 Å². The van der Waals surface area contributed by atoms with Crippen LogP contribution in [0.25, 0.3) is 66.9 Å². The molecule has 194 valence electrons. The zero-order chi connectivity index (χ0) is 27.6. The summed E-state index contributed by atoms with van der Waals surface area (Å²) in [5.41, 5.74) is 8.80. The van der Waals surface area contributed by atoms with Crippen molar-refractivity contribution in [2.45, 2.75) is 0 Å². The normalized spacial score (nSPS) is 11.0. The van der Waals surface area contributed by atoms with Crippen molar-refractivity contribution >= 4 is 22.4 Å². The summed E-state index contributed by atoms with van der Waals surface area (Å²) in [6, 6.07) is 50.2. The van der Waals surface area contributed by atoms with Gasteiger partial charge in [0.1, 0.15) is 0 Å². The molecule has 0 amide bonds. The summed E-state index contributed by atoms with van der Waals surface area (Å²) in [5.74, 6) is 1.10. The molecule has 0 spiro atoms. The molecule has 0 N–H and O–H groups in total. The molecular weight excluding hydrogens is 522 g/mol. The third kappa shape index (κ3) is 5.00. The number of halogens is 1. The maximum atomic E-state index is 6.46. The van der Waals surface area contributed by atoms with E-state index in [0.29, 0.717) is 11.6 Å². The van der Waals surface area contributed by atoms with E-state index in [1.54, 1.807) is 0 Å². The first-order valence-corrected chi connectivity index (χ1v) is 13.9. The van der Waals surface area contributed by atoms with Crippen molar-refractivity contribution in [3.8, 4) is 56.2 Å². The molecule has 4 heteroatoms. The van der Waals surface area contributed by atoms with E-state index in [9.17, 15) is 0 Å². The first-order chi connectivity index (χ1) is 20.2. The number of hydrogen-bond acceptors (Lipinski definition) is 3. The fourth-order valence-corrected chi connectivity index (χ4v) is 5.43. The van der Waals surface area contributed by atoms with E-state index in [4.69, 9.17) is 16.6 Å². The van der Waals surface area contributed by atoms with Gasteiger partial charge in [-0.1, -0.05) is 146 Å². The highest BCUT2D eigenvalue weighted by molar-refractivity contribution is 6.28. The molecule has 0 fully saturated rings. The molecule has 41 heavy (non-hydrogen) atoms. The van der Waals surface area contributed by atoms with E-state index < -0.39 is 0 Å². The Labute approximate surface area is 243 Å². The van der Waals surface area contributed by atoms with Crippen LogP contribution in [0.4, 0.5) is 0 Å². The van der Waals surface area contributed by atoms with Crippen LogP contribution in [0.2, 0.25) is 5.28 Å². The van der Waals surface area contributed by atoms with Crippen LogP contribution in [0, 0.1) is 0 Å². The van der Waals surface area contributed by atoms with Crippen LogP contribution < -0.4 is 0 Å². The first-order valence-electron chi connectivity index (χ1n) is 13.5. The molecule has 0 saturated carbocycles. The molecule has 1 aromatic heterocycles. The fourth-order valence-electron chi connectivity index (χ4n) is 5.27. The van der Waals surface area contributed by atoms with Crippen molar-refractivity contribution < 1.29 is 0 Å². The smallest absolute Gasteiger partial charge is 0.208 e. The number of fused-ring (bicyclic) bond motifs is 1. The van der Waals surface area contributed by atoms with Crippen molar-refractivity contribution in [3.63, 3.8) is 0 Å². The molecule has 0 bridgehead atoms. The van der Waals surface area contributed by atoms with Gasteiger partial charge >= 0.3 is 0 Å². The highest BCUT2D eigenvalue weighted by Gasteiger charge is 2.14. The Balaban J connectivity index is 1.22. The maximum absolute atomic E-state index is 6.46. The standard InChI is InChI=1S/C37H24ClN3/c38-37-40-35(30-23-21-28(22-24-30)27-19-17-26(18-20-27)25-9-3-1-4-10-25)39-36(41-37)34-16-8-14-32-31(13-7-15-33(32)34)29-11-5-2-6-12-29/h1-24H. The van der Waals surface area contributed by atoms with Crippen LogP contribution in [0.15, 0.2) is 146 Å². The van der Waals surface area contributed by atoms with E-state index in [1.165, 1.54) is 16.7 Å². The number of hydrogen-bond donors (Lipinski definition) is 0. The van der Waals surface area contributed by atoms with Crippen molar-refractivity contribution in [2.75, 3.05) is 0 Å². The van der Waals surface area contributed by atoms with Gasteiger partial charge in [0.05, 0.1) is 0 Å². The van der Waals surface area contributed by atoms with E-state index >= 15 is 0 Å². The van der Waals surface area contributed by atoms with Gasteiger partial charge in [-0.05, 0) is 55.8 Å². The Bertz CT molecular complexity index is 1970. The molecule has 0 aliphatic heterocycles. The monoisotopic (exact) mass is 545 g/mol. The number of aromatic nitrogens is 3. The van der Waals surface area contributed by atoms with E-state index in [2.05, 4.69) is 119 Å². The van der Waals surface area contributed by atoms with Crippen molar-refractivity contribution in [1.29, 1.82) is 0 Å². The highest BCUT2D eigenvalue weighted by atomic mass is 35.5. The van der Waals surface area contributed by atoms with Gasteiger partial charge in [0.15, 0.2) is 11.6 Å². The van der Waals surface area contributed by atoms with E-state index in [0.717, 1.165) is 38.6 Å². The van der Waals surface area contributed by atoms with Crippen LogP contribution in [0.1, 0.15) is 0 Å². The van der Waals surface area contributed by atoms with Crippen LogP contribution in [-0.2, 0) is 0 Å². The summed E-state index contributed by atoms with van der Waals surface area (Å²) in [5, 5.41) is 2.37. The summed E-state index contributed by atoms with van der Waals surface area (Å²) in [7, 11) is 0. The minimum atomic E-state index is 0.168. The molecule has 0 aliphatic carbocycles. The number of rotatable bonds is 5. The molecule has 0 atom stereocenters. The van der Waals surface area contributed by atoms with Crippen molar-refractivity contribution in [3.05, 3.63) is 151 Å². The molecule has 0 radical (unpaired) electrons. The Morgan fingerprint density at radius 3 is 1.34 bits per heavy atom. The van der Waals surface area contributed by atoms with Crippen molar-refractivity contribution in [1.82, 2.24) is 15.0 Å². The van der Waals surface area contributed by atoms with Crippen LogP contribution in [0.5, 0.6) is 0 Å². The summed E-state index contributed by atoms with van der Waals surface area (Å²) < 4.78 is 0. The Morgan fingerprint density at radius 2 is 0.756 bits per heavy atom. The Morgan fingerprint density at radius 1 is 0.317 bits per heavy atom. The zero-order valence-corrected chi connectivity index (χ0v) is 22.8. The lowest BCUT2D eigenvalue weighted by molar-refractivity contribution is 1.07. The van der Waals surface area contributed by atoms with Crippen molar-refractivity contribution in [2.24, 2.45) is 0 Å². The maximum Gasteiger partial charge on any atom is 0.226 e. The topological polar surface area (TPSA) is 38.7 Å². The average molecular weight is 546 g/mol. The SMILES string of the molecule is Clc1nc(-c2ccc(-c3ccc(-c4ccccc4)cc3)cc2)nc(-c2cccc3c(-c4ccccc4)cccc23)n1. The Hall–Kier alpha value is -5.12. The van der Waals surface area contributed by atoms with Crippen LogP contribution in [-0.4, -0.2) is 15.0 Å². The summed E-state index contributed by atoms with van der Waals surface area (Å²) in [6.07, 6.45) is 0. The molecule has 1 heterocycles. The largest absolute Gasteiger partial charge is 0.226 e. The molecular formula is C37H24ClN3. The molecule has 3 nitrogen and oxygen atoms in total. The third-order valence-electron chi connectivity index (χ3n) is 7.32. The number of benzene rings is 6. The lowest BCUT2D eigenvalue weighted by atomic mass is 9.95. The van der Waals surface area contributed by atoms with Gasteiger partial charge < -0.3 is 0 Å². The summed E-state index contributed by atoms with van der Waals surface area (Å²) >= 11 is 6.46. The van der Waals surface area contributed by atoms with Gasteiger partial charge in [0, 0.05) is 11.1 Å².